The smallest absolute Gasteiger partial charge is 0.304 e. The van der Waals surface area contributed by atoms with Crippen LogP contribution in [0.25, 0.3) is 0 Å². The Bertz CT molecular complexity index is 495. The van der Waals surface area contributed by atoms with Gasteiger partial charge in [0.25, 0.3) is 0 Å². The molecule has 0 radical (unpaired) electrons. The topological polar surface area (TPSA) is 59.0 Å². The molecule has 1 aliphatic heterocycles. The van der Waals surface area contributed by atoms with E-state index in [1.54, 1.807) is 14.2 Å². The van der Waals surface area contributed by atoms with E-state index in [1.807, 2.05) is 30.0 Å². The predicted octanol–water partition coefficient (Wildman–Crippen LogP) is 2.10. The van der Waals surface area contributed by atoms with Gasteiger partial charge in [-0.2, -0.15) is 11.8 Å². The highest BCUT2D eigenvalue weighted by Gasteiger charge is 2.25. The Kier molecular flexibility index (Phi) is 5.76. The normalized spacial score (nSPS) is 19.2. The molecule has 0 spiro atoms. The highest BCUT2D eigenvalue weighted by molar-refractivity contribution is 7.99. The number of aliphatic carboxylic acids is 1. The summed E-state index contributed by atoms with van der Waals surface area (Å²) < 4.78 is 10.6. The van der Waals surface area contributed by atoms with E-state index in [1.165, 1.54) is 0 Å². The van der Waals surface area contributed by atoms with Crippen LogP contribution in [0.4, 0.5) is 0 Å². The molecule has 1 saturated heterocycles. The molecule has 116 valence electrons. The molecule has 6 heteroatoms. The second-order valence-corrected chi connectivity index (χ2v) is 6.14. The number of carboxylic acid groups (broad SMARTS) is 1. The van der Waals surface area contributed by atoms with Gasteiger partial charge < -0.3 is 14.6 Å². The molecule has 1 heterocycles. The molecule has 0 amide bonds. The van der Waals surface area contributed by atoms with Crippen LogP contribution in [0.1, 0.15) is 12.0 Å². The Morgan fingerprint density at radius 3 is 2.81 bits per heavy atom. The number of thioether (sulfide) groups is 1. The SMILES string of the molecule is COc1ccc(CN2CCSCC2CC(=O)O)cc1OC. The summed E-state index contributed by atoms with van der Waals surface area (Å²) in [4.78, 5) is 13.2. The highest BCUT2D eigenvalue weighted by atomic mass is 32.2. The first-order chi connectivity index (χ1) is 10.1. The second-order valence-electron chi connectivity index (χ2n) is 4.99. The second kappa shape index (κ2) is 7.56. The first-order valence-electron chi connectivity index (χ1n) is 6.88. The van der Waals surface area contributed by atoms with Crippen molar-refractivity contribution in [1.29, 1.82) is 0 Å². The number of carbonyl (C=O) groups is 1. The van der Waals surface area contributed by atoms with Crippen LogP contribution in [0, 0.1) is 0 Å². The summed E-state index contributed by atoms with van der Waals surface area (Å²) in [5.74, 6) is 2.59. The lowest BCUT2D eigenvalue weighted by Gasteiger charge is -2.34. The molecule has 0 saturated carbocycles. The number of carboxylic acids is 1. The Morgan fingerprint density at radius 1 is 1.38 bits per heavy atom. The third-order valence-corrected chi connectivity index (χ3v) is 4.69. The Balaban J connectivity index is 2.09. The van der Waals surface area contributed by atoms with Crippen molar-refractivity contribution in [3.8, 4) is 11.5 Å². The monoisotopic (exact) mass is 311 g/mol. The van der Waals surface area contributed by atoms with Crippen LogP contribution in [-0.4, -0.2) is 54.3 Å². The summed E-state index contributed by atoms with van der Waals surface area (Å²) in [6.45, 7) is 1.65. The summed E-state index contributed by atoms with van der Waals surface area (Å²) in [6, 6.07) is 5.94. The van der Waals surface area contributed by atoms with Crippen molar-refractivity contribution in [3.63, 3.8) is 0 Å². The molecular formula is C15H21NO4S. The number of nitrogens with zero attached hydrogens (tertiary/aromatic N) is 1. The molecule has 0 aromatic heterocycles. The Labute approximate surface area is 129 Å². The van der Waals surface area contributed by atoms with E-state index in [2.05, 4.69) is 4.90 Å². The van der Waals surface area contributed by atoms with Crippen LogP contribution in [0.3, 0.4) is 0 Å². The van der Waals surface area contributed by atoms with Gasteiger partial charge in [-0.15, -0.1) is 0 Å². The van der Waals surface area contributed by atoms with Gasteiger partial charge in [-0.25, -0.2) is 0 Å². The van der Waals surface area contributed by atoms with Crippen LogP contribution < -0.4 is 9.47 Å². The minimum atomic E-state index is -0.736. The fourth-order valence-corrected chi connectivity index (χ4v) is 3.63. The predicted molar refractivity (Wildman–Crippen MR) is 83.3 cm³/mol. The van der Waals surface area contributed by atoms with Crippen molar-refractivity contribution >= 4 is 17.7 Å². The van der Waals surface area contributed by atoms with E-state index in [0.29, 0.717) is 11.5 Å². The minimum absolute atomic E-state index is 0.0920. The van der Waals surface area contributed by atoms with Gasteiger partial charge in [0.1, 0.15) is 0 Å². The zero-order valence-corrected chi connectivity index (χ0v) is 13.2. The van der Waals surface area contributed by atoms with Crippen molar-refractivity contribution in [1.82, 2.24) is 4.90 Å². The molecule has 0 bridgehead atoms. The Morgan fingerprint density at radius 2 is 2.14 bits per heavy atom. The molecule has 1 atom stereocenters. The standard InChI is InChI=1S/C15H21NO4S/c1-19-13-4-3-11(7-14(13)20-2)9-16-5-6-21-10-12(16)8-15(17)18/h3-4,7,12H,5-6,8-10H2,1-2H3,(H,17,18). The van der Waals surface area contributed by atoms with Crippen LogP contribution >= 0.6 is 11.8 Å². The third-order valence-electron chi connectivity index (χ3n) is 3.59. The molecular weight excluding hydrogens is 290 g/mol. The van der Waals surface area contributed by atoms with Gasteiger partial charge in [0, 0.05) is 30.6 Å². The van der Waals surface area contributed by atoms with Gasteiger partial charge >= 0.3 is 5.97 Å². The zero-order valence-electron chi connectivity index (χ0n) is 12.4. The molecule has 5 nitrogen and oxygen atoms in total. The molecule has 0 aliphatic carbocycles. The summed E-state index contributed by atoms with van der Waals surface area (Å²) in [5, 5.41) is 9.03. The summed E-state index contributed by atoms with van der Waals surface area (Å²) in [7, 11) is 3.23. The van der Waals surface area contributed by atoms with E-state index >= 15 is 0 Å². The van der Waals surface area contributed by atoms with E-state index in [9.17, 15) is 4.79 Å². The maximum Gasteiger partial charge on any atom is 0.304 e. The van der Waals surface area contributed by atoms with Crippen molar-refractivity contribution in [3.05, 3.63) is 23.8 Å². The quantitative estimate of drug-likeness (QED) is 0.868. The fourth-order valence-electron chi connectivity index (χ4n) is 2.50. The zero-order chi connectivity index (χ0) is 15.2. The largest absolute Gasteiger partial charge is 0.493 e. The van der Waals surface area contributed by atoms with Crippen molar-refractivity contribution in [2.75, 3.05) is 32.3 Å². The average Bonchev–Trinajstić information content (AvgIpc) is 2.48. The van der Waals surface area contributed by atoms with E-state index in [-0.39, 0.29) is 12.5 Å². The molecule has 1 aromatic carbocycles. The van der Waals surface area contributed by atoms with Gasteiger partial charge in [-0.05, 0) is 17.7 Å². The number of hydrogen-bond donors (Lipinski definition) is 1. The van der Waals surface area contributed by atoms with Crippen molar-refractivity contribution in [2.45, 2.75) is 19.0 Å². The molecule has 21 heavy (non-hydrogen) atoms. The van der Waals surface area contributed by atoms with Crippen LogP contribution in [0.2, 0.25) is 0 Å². The number of methoxy groups -OCH3 is 2. The summed E-state index contributed by atoms with van der Waals surface area (Å²) in [6.07, 6.45) is 0.195. The summed E-state index contributed by atoms with van der Waals surface area (Å²) in [5.41, 5.74) is 1.11. The van der Waals surface area contributed by atoms with Gasteiger partial charge in [0.15, 0.2) is 11.5 Å². The van der Waals surface area contributed by atoms with Gasteiger partial charge in [-0.1, -0.05) is 6.07 Å². The molecule has 1 aliphatic rings. The third kappa shape index (κ3) is 4.28. The number of rotatable bonds is 6. The highest BCUT2D eigenvalue weighted by Crippen LogP contribution is 2.29. The lowest BCUT2D eigenvalue weighted by molar-refractivity contribution is -0.138. The van der Waals surface area contributed by atoms with Gasteiger partial charge in [0.2, 0.25) is 0 Å². The molecule has 1 N–H and O–H groups in total. The number of benzene rings is 1. The van der Waals surface area contributed by atoms with Crippen LogP contribution in [0.15, 0.2) is 18.2 Å². The first-order valence-corrected chi connectivity index (χ1v) is 8.04. The van der Waals surface area contributed by atoms with Gasteiger partial charge in [0.05, 0.1) is 20.6 Å². The van der Waals surface area contributed by atoms with E-state index in [0.717, 1.165) is 30.2 Å². The summed E-state index contributed by atoms with van der Waals surface area (Å²) >= 11 is 1.82. The van der Waals surface area contributed by atoms with Crippen molar-refractivity contribution in [2.24, 2.45) is 0 Å². The van der Waals surface area contributed by atoms with Crippen LogP contribution in [-0.2, 0) is 11.3 Å². The van der Waals surface area contributed by atoms with E-state index < -0.39 is 5.97 Å². The maximum absolute atomic E-state index is 11.0. The first kappa shape index (κ1) is 16.0. The average molecular weight is 311 g/mol. The maximum atomic E-state index is 11.0. The molecule has 1 aromatic rings. The van der Waals surface area contributed by atoms with Crippen LogP contribution in [0.5, 0.6) is 11.5 Å². The Hall–Kier alpha value is -1.40. The molecule has 2 rings (SSSR count). The number of hydrogen-bond acceptors (Lipinski definition) is 5. The lowest BCUT2D eigenvalue weighted by atomic mass is 10.1. The number of ether oxygens (including phenoxy) is 2. The van der Waals surface area contributed by atoms with Gasteiger partial charge in [-0.3, -0.25) is 9.69 Å². The molecule has 1 unspecified atom stereocenters. The fraction of sp³-hybridized carbons (Fsp3) is 0.533. The van der Waals surface area contributed by atoms with E-state index in [4.69, 9.17) is 14.6 Å². The minimum Gasteiger partial charge on any atom is -0.493 e. The molecule has 1 fully saturated rings. The van der Waals surface area contributed by atoms with Crippen molar-refractivity contribution < 1.29 is 19.4 Å². The lowest BCUT2D eigenvalue weighted by Crippen LogP contribution is -2.42.